The molecular weight excluding hydrogens is 466 g/mol. The zero-order valence-corrected chi connectivity index (χ0v) is 22.0. The second-order valence-corrected chi connectivity index (χ2v) is 10.0. The Morgan fingerprint density at radius 2 is 1.92 bits per heavy atom. The highest BCUT2D eigenvalue weighted by atomic mass is 16.5. The van der Waals surface area contributed by atoms with Gasteiger partial charge in [-0.1, -0.05) is 37.1 Å². The number of H-pyrrole nitrogens is 1. The minimum absolute atomic E-state index is 0.0378. The van der Waals surface area contributed by atoms with Gasteiger partial charge in [0.25, 0.3) is 0 Å². The van der Waals surface area contributed by atoms with Gasteiger partial charge < -0.3 is 25.1 Å². The first-order valence-corrected chi connectivity index (χ1v) is 13.2. The number of aromatic nitrogens is 1. The molecule has 3 aromatic rings. The molecule has 0 saturated carbocycles. The number of carbonyl (C=O) groups is 3. The number of unbranched alkanes of at least 4 members (excludes halogenated alkanes) is 2. The summed E-state index contributed by atoms with van der Waals surface area (Å²) in [6.07, 6.45) is 5.44. The van der Waals surface area contributed by atoms with Crippen LogP contribution in [-0.4, -0.2) is 35.7 Å². The summed E-state index contributed by atoms with van der Waals surface area (Å²) in [7, 11) is 1.62. The fraction of sp³-hybridized carbons (Fsp3) is 0.433. The molecule has 37 heavy (non-hydrogen) atoms. The quantitative estimate of drug-likeness (QED) is 0.308. The fourth-order valence-corrected chi connectivity index (χ4v) is 5.27. The largest absolute Gasteiger partial charge is 0.497 e. The van der Waals surface area contributed by atoms with E-state index in [0.29, 0.717) is 12.8 Å². The lowest BCUT2D eigenvalue weighted by molar-refractivity contribution is -0.129. The maximum Gasteiger partial charge on any atom is 0.243 e. The molecule has 196 valence electrons. The average Bonchev–Trinajstić information content (AvgIpc) is 3.42. The lowest BCUT2D eigenvalue weighted by Gasteiger charge is -2.22. The van der Waals surface area contributed by atoms with E-state index in [4.69, 9.17) is 4.74 Å². The number of benzene rings is 2. The molecule has 0 radical (unpaired) electrons. The van der Waals surface area contributed by atoms with E-state index in [9.17, 15) is 14.4 Å². The van der Waals surface area contributed by atoms with Crippen LogP contribution in [0.4, 0.5) is 0 Å². The van der Waals surface area contributed by atoms with E-state index in [-0.39, 0.29) is 30.1 Å². The first-order valence-electron chi connectivity index (χ1n) is 13.2. The zero-order chi connectivity index (χ0) is 26.4. The molecule has 0 bridgehead atoms. The summed E-state index contributed by atoms with van der Waals surface area (Å²) < 4.78 is 5.37. The number of Topliss-reactive ketones (excluding diaryl/α,β-unsaturated/α-hetero) is 1. The molecular formula is C30H37N3O4. The van der Waals surface area contributed by atoms with Crippen molar-refractivity contribution in [2.24, 2.45) is 0 Å². The average molecular weight is 504 g/mol. The molecule has 2 aromatic carbocycles. The Labute approximate surface area is 218 Å². The number of amides is 2. The predicted octanol–water partition coefficient (Wildman–Crippen LogP) is 4.86. The highest BCUT2D eigenvalue weighted by Crippen LogP contribution is 2.31. The summed E-state index contributed by atoms with van der Waals surface area (Å²) in [4.78, 5) is 41.2. The third-order valence-corrected chi connectivity index (χ3v) is 7.29. The number of aryl methyl sites for hydroxylation is 2. The maximum atomic E-state index is 13.4. The normalized spacial score (nSPS) is 15.3. The number of nitrogens with one attached hydrogen (secondary N) is 3. The monoisotopic (exact) mass is 503 g/mol. The third-order valence-electron chi connectivity index (χ3n) is 7.29. The van der Waals surface area contributed by atoms with Crippen molar-refractivity contribution in [2.75, 3.05) is 7.11 Å². The number of hydrogen-bond donors (Lipinski definition) is 3. The molecule has 1 aromatic heterocycles. The van der Waals surface area contributed by atoms with Gasteiger partial charge in [-0.05, 0) is 74.4 Å². The molecule has 0 spiro atoms. The van der Waals surface area contributed by atoms with Crippen LogP contribution in [0, 0.1) is 6.92 Å². The molecule has 7 nitrogen and oxygen atoms in total. The number of ketones is 1. The number of ether oxygens (including phenoxy) is 1. The van der Waals surface area contributed by atoms with Gasteiger partial charge in [0.2, 0.25) is 11.8 Å². The van der Waals surface area contributed by atoms with Gasteiger partial charge in [-0.2, -0.15) is 0 Å². The first kappa shape index (κ1) is 26.5. The van der Waals surface area contributed by atoms with E-state index < -0.39 is 6.04 Å². The lowest BCUT2D eigenvalue weighted by Crippen LogP contribution is -2.47. The molecule has 4 rings (SSSR count). The molecule has 3 N–H and O–H groups in total. The zero-order valence-electron chi connectivity index (χ0n) is 22.0. The van der Waals surface area contributed by atoms with Gasteiger partial charge in [-0.15, -0.1) is 0 Å². The van der Waals surface area contributed by atoms with E-state index >= 15 is 0 Å². The van der Waals surface area contributed by atoms with Crippen LogP contribution < -0.4 is 15.4 Å². The van der Waals surface area contributed by atoms with Crippen molar-refractivity contribution in [2.45, 2.75) is 77.3 Å². The van der Waals surface area contributed by atoms with E-state index in [0.717, 1.165) is 65.6 Å². The minimum Gasteiger partial charge on any atom is -0.497 e. The highest BCUT2D eigenvalue weighted by Gasteiger charge is 2.28. The van der Waals surface area contributed by atoms with Gasteiger partial charge in [-0.3, -0.25) is 9.59 Å². The number of aromatic amines is 1. The SMILES string of the molecule is COc1ccc2[nH]c(C)c(CC(=O)NC(CCCCCC(C)=O)C(=O)NC3CCc4ccccc43)c2c1. The van der Waals surface area contributed by atoms with E-state index in [2.05, 4.69) is 27.8 Å². The van der Waals surface area contributed by atoms with E-state index in [1.165, 1.54) is 5.56 Å². The molecule has 1 heterocycles. The summed E-state index contributed by atoms with van der Waals surface area (Å²) in [5.74, 6) is 0.558. The van der Waals surface area contributed by atoms with Crippen molar-refractivity contribution in [3.05, 3.63) is 64.8 Å². The van der Waals surface area contributed by atoms with Crippen molar-refractivity contribution >= 4 is 28.5 Å². The van der Waals surface area contributed by atoms with Crippen molar-refractivity contribution < 1.29 is 19.1 Å². The molecule has 2 unspecified atom stereocenters. The number of hydrogen-bond acceptors (Lipinski definition) is 4. The van der Waals surface area contributed by atoms with Gasteiger partial charge in [-0.25, -0.2) is 0 Å². The Morgan fingerprint density at radius 1 is 1.11 bits per heavy atom. The standard InChI is InChI=1S/C30H37N3O4/c1-19(34)9-5-4-6-12-28(30(36)33-26-15-13-21-10-7-8-11-23(21)26)32-29(35)18-24-20(2)31-27-16-14-22(37-3)17-25(24)27/h7-8,10-11,14,16-17,26,28,31H,4-6,9,12-13,15,18H2,1-3H3,(H,32,35)(H,33,36). The van der Waals surface area contributed by atoms with Crippen LogP contribution in [0.1, 0.15) is 73.9 Å². The molecule has 7 heteroatoms. The van der Waals surface area contributed by atoms with Crippen LogP contribution in [0.15, 0.2) is 42.5 Å². The topological polar surface area (TPSA) is 100 Å². The van der Waals surface area contributed by atoms with E-state index in [1.54, 1.807) is 14.0 Å². The van der Waals surface area contributed by atoms with Crippen LogP contribution in [0.5, 0.6) is 5.75 Å². The first-order chi connectivity index (χ1) is 17.9. The Hall–Kier alpha value is -3.61. The molecule has 2 amide bonds. The third kappa shape index (κ3) is 6.59. The van der Waals surface area contributed by atoms with Crippen LogP contribution in [0.3, 0.4) is 0 Å². The second kappa shape index (κ2) is 12.1. The van der Waals surface area contributed by atoms with Gasteiger partial charge in [0.05, 0.1) is 19.6 Å². The number of carbonyl (C=O) groups excluding carboxylic acids is 3. The van der Waals surface area contributed by atoms with Gasteiger partial charge >= 0.3 is 0 Å². The second-order valence-electron chi connectivity index (χ2n) is 10.0. The van der Waals surface area contributed by atoms with Crippen LogP contribution in [0.25, 0.3) is 10.9 Å². The Morgan fingerprint density at radius 3 is 2.70 bits per heavy atom. The molecule has 1 aliphatic carbocycles. The van der Waals surface area contributed by atoms with Crippen LogP contribution in [-0.2, 0) is 27.2 Å². The number of rotatable bonds is 12. The molecule has 2 atom stereocenters. The van der Waals surface area contributed by atoms with E-state index in [1.807, 2.05) is 37.3 Å². The Kier molecular flexibility index (Phi) is 8.64. The van der Waals surface area contributed by atoms with Crippen LogP contribution >= 0.6 is 0 Å². The molecule has 0 fully saturated rings. The van der Waals surface area contributed by atoms with Crippen molar-refractivity contribution in [1.29, 1.82) is 0 Å². The smallest absolute Gasteiger partial charge is 0.243 e. The maximum absolute atomic E-state index is 13.4. The van der Waals surface area contributed by atoms with Crippen molar-refractivity contribution in [3.63, 3.8) is 0 Å². The summed E-state index contributed by atoms with van der Waals surface area (Å²) in [5.41, 5.74) is 5.19. The molecule has 0 saturated heterocycles. The number of methoxy groups -OCH3 is 1. The lowest BCUT2D eigenvalue weighted by atomic mass is 10.0. The van der Waals surface area contributed by atoms with Gasteiger partial charge in [0.1, 0.15) is 17.6 Å². The van der Waals surface area contributed by atoms with Gasteiger partial charge in [0, 0.05) is 23.0 Å². The summed E-state index contributed by atoms with van der Waals surface area (Å²) in [6, 6.07) is 13.3. The van der Waals surface area contributed by atoms with Crippen molar-refractivity contribution in [1.82, 2.24) is 15.6 Å². The number of fused-ring (bicyclic) bond motifs is 2. The summed E-state index contributed by atoms with van der Waals surface area (Å²) in [6.45, 7) is 3.55. The highest BCUT2D eigenvalue weighted by molar-refractivity contribution is 5.93. The fourth-order valence-electron chi connectivity index (χ4n) is 5.27. The van der Waals surface area contributed by atoms with Crippen LogP contribution in [0.2, 0.25) is 0 Å². The summed E-state index contributed by atoms with van der Waals surface area (Å²) >= 11 is 0. The minimum atomic E-state index is -0.627. The van der Waals surface area contributed by atoms with Gasteiger partial charge in [0.15, 0.2) is 0 Å². The van der Waals surface area contributed by atoms with Crippen molar-refractivity contribution in [3.8, 4) is 5.75 Å². The molecule has 1 aliphatic rings. The Balaban J connectivity index is 1.44. The Bertz CT molecular complexity index is 1280. The summed E-state index contributed by atoms with van der Waals surface area (Å²) in [5, 5.41) is 7.14. The molecule has 0 aliphatic heterocycles. The predicted molar refractivity (Wildman–Crippen MR) is 145 cm³/mol.